The molecule has 1 atom stereocenters. The Hall–Kier alpha value is -2.56. The molecule has 1 spiro atoms. The zero-order valence-corrected chi connectivity index (χ0v) is 15.7. The highest BCUT2D eigenvalue weighted by atomic mass is 19.1. The second-order valence-corrected chi connectivity index (χ2v) is 7.61. The van der Waals surface area contributed by atoms with E-state index in [0.29, 0.717) is 6.54 Å². The molecular weight excluding hydrogens is 341 g/mol. The summed E-state index contributed by atoms with van der Waals surface area (Å²) in [6.45, 7) is 5.04. The van der Waals surface area contributed by atoms with Crippen LogP contribution in [0.1, 0.15) is 31.4 Å². The number of amides is 2. The number of nitrogens with one attached hydrogen (secondary N) is 1. The smallest absolute Gasteiger partial charge is 0.317 e. The first kappa shape index (κ1) is 17.8. The van der Waals surface area contributed by atoms with Crippen molar-refractivity contribution < 1.29 is 9.18 Å². The molecular formula is C22H26FN3O. The quantitative estimate of drug-likeness (QED) is 0.883. The predicted octanol–water partition coefficient (Wildman–Crippen LogP) is 4.20. The fraction of sp³-hybridized carbons (Fsp3) is 0.409. The van der Waals surface area contributed by atoms with E-state index in [2.05, 4.69) is 34.5 Å². The molecule has 142 valence electrons. The van der Waals surface area contributed by atoms with Gasteiger partial charge in [-0.05, 0) is 43.5 Å². The Morgan fingerprint density at radius 3 is 2.56 bits per heavy atom. The van der Waals surface area contributed by atoms with E-state index in [-0.39, 0.29) is 23.3 Å². The number of halogens is 1. The number of rotatable bonds is 3. The van der Waals surface area contributed by atoms with E-state index >= 15 is 0 Å². The van der Waals surface area contributed by atoms with Crippen LogP contribution in [-0.2, 0) is 0 Å². The second kappa shape index (κ2) is 7.22. The molecule has 0 bridgehead atoms. The molecule has 2 aliphatic heterocycles. The van der Waals surface area contributed by atoms with Crippen LogP contribution in [0.2, 0.25) is 0 Å². The summed E-state index contributed by atoms with van der Waals surface area (Å²) in [5.41, 5.74) is 2.33. The topological polar surface area (TPSA) is 35.6 Å². The van der Waals surface area contributed by atoms with Gasteiger partial charge in [0.05, 0.1) is 6.04 Å². The van der Waals surface area contributed by atoms with Crippen molar-refractivity contribution in [1.82, 2.24) is 10.2 Å². The number of benzene rings is 2. The van der Waals surface area contributed by atoms with Crippen molar-refractivity contribution in [3.63, 3.8) is 0 Å². The molecule has 2 aliphatic rings. The molecule has 2 heterocycles. The molecule has 2 saturated heterocycles. The van der Waals surface area contributed by atoms with Crippen LogP contribution in [0, 0.1) is 11.2 Å². The molecule has 0 saturated carbocycles. The average molecular weight is 367 g/mol. The summed E-state index contributed by atoms with van der Waals surface area (Å²) in [5.74, 6) is -0.202. The van der Waals surface area contributed by atoms with E-state index in [9.17, 15) is 9.18 Å². The van der Waals surface area contributed by atoms with Gasteiger partial charge in [-0.15, -0.1) is 0 Å². The Morgan fingerprint density at radius 1 is 1.15 bits per heavy atom. The molecule has 2 amide bonds. The molecule has 2 fully saturated rings. The number of carbonyl (C=O) groups is 1. The van der Waals surface area contributed by atoms with Crippen LogP contribution in [0.5, 0.6) is 0 Å². The zero-order valence-electron chi connectivity index (χ0n) is 15.7. The van der Waals surface area contributed by atoms with Crippen molar-refractivity contribution in [2.75, 3.05) is 31.1 Å². The monoisotopic (exact) mass is 367 g/mol. The van der Waals surface area contributed by atoms with Gasteiger partial charge in [0.15, 0.2) is 0 Å². The van der Waals surface area contributed by atoms with E-state index in [1.165, 1.54) is 11.6 Å². The lowest BCUT2D eigenvalue weighted by molar-refractivity contribution is 0.0437. The maximum Gasteiger partial charge on any atom is 0.317 e. The minimum atomic E-state index is -0.202. The number of piperidine rings is 1. The highest BCUT2D eigenvalue weighted by molar-refractivity contribution is 5.74. The highest BCUT2D eigenvalue weighted by Gasteiger charge is 2.54. The van der Waals surface area contributed by atoms with Crippen LogP contribution in [0.15, 0.2) is 54.6 Å². The number of nitrogens with zero attached hydrogens (tertiary/aromatic N) is 2. The summed E-state index contributed by atoms with van der Waals surface area (Å²) in [4.78, 5) is 16.4. The Balaban J connectivity index is 1.58. The van der Waals surface area contributed by atoms with Crippen molar-refractivity contribution in [3.05, 3.63) is 66.0 Å². The molecule has 4 nitrogen and oxygen atoms in total. The number of anilines is 1. The third-order valence-corrected chi connectivity index (χ3v) is 6.01. The largest absolute Gasteiger partial charge is 0.363 e. The lowest BCUT2D eigenvalue weighted by atomic mass is 9.63. The zero-order chi connectivity index (χ0) is 18.9. The van der Waals surface area contributed by atoms with Gasteiger partial charge < -0.3 is 15.1 Å². The van der Waals surface area contributed by atoms with Gasteiger partial charge in [0, 0.05) is 37.3 Å². The summed E-state index contributed by atoms with van der Waals surface area (Å²) in [6, 6.07) is 17.6. The molecule has 2 aromatic rings. The van der Waals surface area contributed by atoms with Crippen LogP contribution in [0.3, 0.4) is 0 Å². The maximum absolute atomic E-state index is 13.8. The molecule has 27 heavy (non-hydrogen) atoms. The molecule has 0 aromatic heterocycles. The molecule has 0 unspecified atom stereocenters. The first-order chi connectivity index (χ1) is 13.1. The van der Waals surface area contributed by atoms with Gasteiger partial charge >= 0.3 is 6.03 Å². The van der Waals surface area contributed by atoms with Gasteiger partial charge in [0.1, 0.15) is 5.82 Å². The van der Waals surface area contributed by atoms with E-state index in [1.807, 2.05) is 24.0 Å². The van der Waals surface area contributed by atoms with Crippen LogP contribution in [0.4, 0.5) is 14.9 Å². The first-order valence-electron chi connectivity index (χ1n) is 9.73. The van der Waals surface area contributed by atoms with E-state index < -0.39 is 0 Å². The van der Waals surface area contributed by atoms with Crippen LogP contribution in [-0.4, -0.2) is 37.1 Å². The summed E-state index contributed by atoms with van der Waals surface area (Å²) in [7, 11) is 0. The van der Waals surface area contributed by atoms with Gasteiger partial charge in [-0.25, -0.2) is 9.18 Å². The van der Waals surface area contributed by atoms with E-state index in [4.69, 9.17) is 0 Å². The lowest BCUT2D eigenvalue weighted by Crippen LogP contribution is -2.63. The fourth-order valence-electron chi connectivity index (χ4n) is 4.65. The lowest BCUT2D eigenvalue weighted by Gasteiger charge is -2.61. The van der Waals surface area contributed by atoms with E-state index in [1.54, 1.807) is 12.1 Å². The van der Waals surface area contributed by atoms with Gasteiger partial charge in [-0.3, -0.25) is 0 Å². The number of hydrogen-bond donors (Lipinski definition) is 1. The van der Waals surface area contributed by atoms with Crippen molar-refractivity contribution in [2.45, 2.75) is 25.8 Å². The van der Waals surface area contributed by atoms with Gasteiger partial charge in [0.2, 0.25) is 0 Å². The maximum atomic E-state index is 13.8. The number of carbonyl (C=O) groups excluding carboxylic acids is 1. The number of likely N-dealkylation sites (tertiary alicyclic amines) is 1. The standard InChI is InChI=1S/C22H26FN3O/c1-2-24-21(27)25-13-11-22(12-14-25)16-26(19-10-6-9-18(23)15-19)20(22)17-7-4-3-5-8-17/h3-10,15,20H,2,11-14,16H2,1H3,(H,24,27)/t20-/m1/s1. The summed E-state index contributed by atoms with van der Waals surface area (Å²) in [6.07, 6.45) is 1.94. The third-order valence-electron chi connectivity index (χ3n) is 6.01. The summed E-state index contributed by atoms with van der Waals surface area (Å²) in [5, 5.41) is 2.90. The highest BCUT2D eigenvalue weighted by Crippen LogP contribution is 2.56. The molecule has 0 radical (unpaired) electrons. The summed E-state index contributed by atoms with van der Waals surface area (Å²) >= 11 is 0. The van der Waals surface area contributed by atoms with Crippen molar-refractivity contribution in [3.8, 4) is 0 Å². The minimum absolute atomic E-state index is 0.0323. The van der Waals surface area contributed by atoms with Crippen LogP contribution < -0.4 is 10.2 Å². The predicted molar refractivity (Wildman–Crippen MR) is 105 cm³/mol. The Labute approximate surface area is 160 Å². The van der Waals surface area contributed by atoms with Crippen LogP contribution >= 0.6 is 0 Å². The molecule has 0 aliphatic carbocycles. The SMILES string of the molecule is CCNC(=O)N1CCC2(CC1)CN(c1cccc(F)c1)[C@@H]2c1ccccc1. The fourth-order valence-corrected chi connectivity index (χ4v) is 4.65. The Morgan fingerprint density at radius 2 is 1.89 bits per heavy atom. The van der Waals surface area contributed by atoms with Crippen LogP contribution in [0.25, 0.3) is 0 Å². The average Bonchev–Trinajstić information content (AvgIpc) is 2.67. The Bertz CT molecular complexity index is 802. The van der Waals surface area contributed by atoms with Gasteiger partial charge in [0.25, 0.3) is 0 Å². The molecule has 4 rings (SSSR count). The van der Waals surface area contributed by atoms with E-state index in [0.717, 1.165) is 38.2 Å². The second-order valence-electron chi connectivity index (χ2n) is 7.61. The third kappa shape index (κ3) is 3.27. The molecule has 1 N–H and O–H groups in total. The number of hydrogen-bond acceptors (Lipinski definition) is 2. The normalized spacial score (nSPS) is 21.0. The van der Waals surface area contributed by atoms with Crippen molar-refractivity contribution in [2.24, 2.45) is 5.41 Å². The Kier molecular flexibility index (Phi) is 4.77. The van der Waals surface area contributed by atoms with Gasteiger partial charge in [-0.1, -0.05) is 36.4 Å². The van der Waals surface area contributed by atoms with Crippen molar-refractivity contribution in [1.29, 1.82) is 0 Å². The first-order valence-corrected chi connectivity index (χ1v) is 9.73. The number of urea groups is 1. The van der Waals surface area contributed by atoms with Crippen molar-refractivity contribution >= 4 is 11.7 Å². The molecule has 5 heteroatoms. The van der Waals surface area contributed by atoms with Gasteiger partial charge in [-0.2, -0.15) is 0 Å². The molecule has 2 aromatic carbocycles. The minimum Gasteiger partial charge on any atom is -0.363 e. The summed E-state index contributed by atoms with van der Waals surface area (Å²) < 4.78 is 13.8.